The highest BCUT2D eigenvalue weighted by Gasteiger charge is 2.51. The van der Waals surface area contributed by atoms with Gasteiger partial charge in [-0.1, -0.05) is 30.3 Å². The predicted molar refractivity (Wildman–Crippen MR) is 131 cm³/mol. The molecule has 0 radical (unpaired) electrons. The topological polar surface area (TPSA) is 54.9 Å². The van der Waals surface area contributed by atoms with Gasteiger partial charge in [-0.05, 0) is 97.9 Å². The second-order valence-corrected chi connectivity index (χ2v) is 10.9. The first-order valence-electron chi connectivity index (χ1n) is 12.5. The fourth-order valence-corrected chi connectivity index (χ4v) is 7.23. The highest BCUT2D eigenvalue weighted by Crippen LogP contribution is 2.61. The quantitative estimate of drug-likeness (QED) is 0.480. The van der Waals surface area contributed by atoms with Gasteiger partial charge in [0.25, 0.3) is 0 Å². The Hall–Kier alpha value is -3.08. The van der Waals surface area contributed by atoms with Crippen molar-refractivity contribution in [1.82, 2.24) is 9.97 Å². The number of benzene rings is 2. The third-order valence-electron chi connectivity index (χ3n) is 8.16. The number of nitrogens with one attached hydrogen (secondary N) is 1. The van der Waals surface area contributed by atoms with E-state index in [0.29, 0.717) is 12.2 Å². The number of nitrogens with zero attached hydrogens (tertiary/aromatic N) is 2. The standard InChI is InChI=1S/C29H30FN3O/c30-24-8-6-23(7-9-24)26-18-31-28(33-27(34)13-19-4-2-1-3-5-19)25(32-26)17-29-14-20-10-21(15-29)12-22(11-20)16-29/h1-9,18,20-22H,10-17H2,(H,31,33,34). The zero-order chi connectivity index (χ0) is 23.1. The van der Waals surface area contributed by atoms with Crippen LogP contribution in [0.2, 0.25) is 0 Å². The molecular weight excluding hydrogens is 425 g/mol. The molecule has 1 aromatic heterocycles. The Morgan fingerprint density at radius 1 is 0.941 bits per heavy atom. The smallest absolute Gasteiger partial charge is 0.229 e. The monoisotopic (exact) mass is 455 g/mol. The van der Waals surface area contributed by atoms with E-state index in [1.807, 2.05) is 30.3 Å². The first kappa shape index (κ1) is 21.5. The molecule has 0 atom stereocenters. The first-order valence-corrected chi connectivity index (χ1v) is 12.5. The lowest BCUT2D eigenvalue weighted by Crippen LogP contribution is -2.47. The summed E-state index contributed by atoms with van der Waals surface area (Å²) in [6.45, 7) is 0. The van der Waals surface area contributed by atoms with Crippen molar-refractivity contribution in [1.29, 1.82) is 0 Å². The van der Waals surface area contributed by atoms with Crippen LogP contribution in [0, 0.1) is 29.0 Å². The Morgan fingerprint density at radius 2 is 1.59 bits per heavy atom. The fraction of sp³-hybridized carbons (Fsp3) is 0.414. The summed E-state index contributed by atoms with van der Waals surface area (Å²) in [6, 6.07) is 16.1. The lowest BCUT2D eigenvalue weighted by atomic mass is 9.48. The Labute approximate surface area is 200 Å². The zero-order valence-electron chi connectivity index (χ0n) is 19.3. The van der Waals surface area contributed by atoms with Gasteiger partial charge >= 0.3 is 0 Å². The van der Waals surface area contributed by atoms with Crippen LogP contribution in [-0.4, -0.2) is 15.9 Å². The van der Waals surface area contributed by atoms with Crippen LogP contribution in [0.3, 0.4) is 0 Å². The van der Waals surface area contributed by atoms with Crippen molar-refractivity contribution in [3.05, 3.63) is 77.9 Å². The average Bonchev–Trinajstić information content (AvgIpc) is 2.80. The summed E-state index contributed by atoms with van der Waals surface area (Å²) in [4.78, 5) is 22.5. The minimum absolute atomic E-state index is 0.0817. The molecule has 4 nitrogen and oxygen atoms in total. The molecule has 0 spiro atoms. The SMILES string of the molecule is O=C(Cc1ccccc1)Nc1ncc(-c2ccc(F)cc2)nc1CC12CC3CC(CC(C3)C1)C2. The van der Waals surface area contributed by atoms with Crippen molar-refractivity contribution in [3.63, 3.8) is 0 Å². The molecule has 34 heavy (non-hydrogen) atoms. The summed E-state index contributed by atoms with van der Waals surface area (Å²) in [5.41, 5.74) is 3.66. The minimum Gasteiger partial charge on any atom is -0.309 e. The van der Waals surface area contributed by atoms with E-state index in [1.54, 1.807) is 18.3 Å². The highest BCUT2D eigenvalue weighted by atomic mass is 19.1. The summed E-state index contributed by atoms with van der Waals surface area (Å²) in [6.07, 6.45) is 10.8. The van der Waals surface area contributed by atoms with Gasteiger partial charge in [0, 0.05) is 5.56 Å². The Morgan fingerprint density at radius 3 is 2.24 bits per heavy atom. The fourth-order valence-electron chi connectivity index (χ4n) is 7.23. The maximum Gasteiger partial charge on any atom is 0.229 e. The van der Waals surface area contributed by atoms with Crippen molar-refractivity contribution in [2.75, 3.05) is 5.32 Å². The van der Waals surface area contributed by atoms with Crippen molar-refractivity contribution in [3.8, 4) is 11.3 Å². The van der Waals surface area contributed by atoms with Gasteiger partial charge < -0.3 is 5.32 Å². The summed E-state index contributed by atoms with van der Waals surface area (Å²) < 4.78 is 13.5. The summed E-state index contributed by atoms with van der Waals surface area (Å²) in [5, 5.41) is 3.06. The van der Waals surface area contributed by atoms with Gasteiger partial charge in [0.1, 0.15) is 5.82 Å². The van der Waals surface area contributed by atoms with Gasteiger partial charge in [0.2, 0.25) is 5.91 Å². The van der Waals surface area contributed by atoms with Crippen LogP contribution >= 0.6 is 0 Å². The van der Waals surface area contributed by atoms with Crippen molar-refractivity contribution >= 4 is 11.7 Å². The predicted octanol–water partition coefficient (Wildman–Crippen LogP) is 6.22. The molecule has 4 aliphatic carbocycles. The van der Waals surface area contributed by atoms with Crippen LogP contribution in [0.25, 0.3) is 11.3 Å². The summed E-state index contributed by atoms with van der Waals surface area (Å²) >= 11 is 0. The number of anilines is 1. The Bertz CT molecular complexity index is 1160. The minimum atomic E-state index is -0.268. The number of carbonyl (C=O) groups excluding carboxylic acids is 1. The van der Waals surface area contributed by atoms with Crippen molar-refractivity contribution in [2.24, 2.45) is 23.2 Å². The molecule has 4 saturated carbocycles. The molecule has 0 unspecified atom stereocenters. The van der Waals surface area contributed by atoms with Crippen LogP contribution in [0.4, 0.5) is 10.2 Å². The highest BCUT2D eigenvalue weighted by molar-refractivity contribution is 5.92. The molecule has 1 heterocycles. The number of halogens is 1. The van der Waals surface area contributed by atoms with E-state index in [4.69, 9.17) is 4.98 Å². The molecule has 4 bridgehead atoms. The number of rotatable bonds is 6. The van der Waals surface area contributed by atoms with Crippen LogP contribution in [-0.2, 0) is 17.6 Å². The van der Waals surface area contributed by atoms with E-state index >= 15 is 0 Å². The van der Waals surface area contributed by atoms with Crippen LogP contribution in [0.15, 0.2) is 60.8 Å². The molecule has 2 aromatic carbocycles. The van der Waals surface area contributed by atoms with E-state index in [2.05, 4.69) is 10.3 Å². The number of aromatic nitrogens is 2. The normalized spacial score (nSPS) is 27.0. The lowest BCUT2D eigenvalue weighted by molar-refractivity contribution is -0.115. The molecule has 1 N–H and O–H groups in total. The van der Waals surface area contributed by atoms with Gasteiger partial charge in [-0.15, -0.1) is 0 Å². The van der Waals surface area contributed by atoms with E-state index in [9.17, 15) is 9.18 Å². The van der Waals surface area contributed by atoms with E-state index < -0.39 is 0 Å². The van der Waals surface area contributed by atoms with E-state index in [1.165, 1.54) is 50.7 Å². The molecule has 5 heteroatoms. The Kier molecular flexibility index (Phi) is 5.43. The molecule has 4 aliphatic rings. The first-order chi connectivity index (χ1) is 16.5. The maximum absolute atomic E-state index is 13.5. The van der Waals surface area contributed by atoms with Gasteiger partial charge in [-0.2, -0.15) is 0 Å². The van der Waals surface area contributed by atoms with E-state index in [0.717, 1.165) is 46.7 Å². The van der Waals surface area contributed by atoms with Crippen LogP contribution in [0.1, 0.15) is 49.8 Å². The zero-order valence-corrected chi connectivity index (χ0v) is 19.3. The van der Waals surface area contributed by atoms with Gasteiger partial charge in [0.15, 0.2) is 5.82 Å². The van der Waals surface area contributed by atoms with Crippen LogP contribution in [0.5, 0.6) is 0 Å². The molecule has 3 aromatic rings. The lowest BCUT2D eigenvalue weighted by Gasteiger charge is -2.57. The van der Waals surface area contributed by atoms with Crippen molar-refractivity contribution < 1.29 is 9.18 Å². The third kappa shape index (κ3) is 4.36. The molecule has 0 aliphatic heterocycles. The summed E-state index contributed by atoms with van der Waals surface area (Å²) in [7, 11) is 0. The van der Waals surface area contributed by atoms with Gasteiger partial charge in [-0.25, -0.2) is 14.4 Å². The molecule has 7 rings (SSSR count). The van der Waals surface area contributed by atoms with Crippen LogP contribution < -0.4 is 5.32 Å². The number of hydrogen-bond donors (Lipinski definition) is 1. The molecule has 1 amide bonds. The van der Waals surface area contributed by atoms with E-state index in [-0.39, 0.29) is 17.1 Å². The molecule has 0 saturated heterocycles. The summed E-state index contributed by atoms with van der Waals surface area (Å²) in [5.74, 6) is 2.75. The second-order valence-electron chi connectivity index (χ2n) is 10.9. The molecular formula is C29H30FN3O. The average molecular weight is 456 g/mol. The molecule has 4 fully saturated rings. The molecule has 174 valence electrons. The number of carbonyl (C=O) groups is 1. The Balaban J connectivity index is 1.30. The third-order valence-corrected chi connectivity index (χ3v) is 8.16. The largest absolute Gasteiger partial charge is 0.309 e. The van der Waals surface area contributed by atoms with Gasteiger partial charge in [-0.3, -0.25) is 4.79 Å². The number of hydrogen-bond acceptors (Lipinski definition) is 3. The maximum atomic E-state index is 13.5. The van der Waals surface area contributed by atoms with Gasteiger partial charge in [0.05, 0.1) is 24.0 Å². The second kappa shape index (κ2) is 8.61. The van der Waals surface area contributed by atoms with Crippen molar-refractivity contribution in [2.45, 2.75) is 51.4 Å². The number of amides is 1.